The van der Waals surface area contributed by atoms with Crippen molar-refractivity contribution in [3.63, 3.8) is 0 Å². The van der Waals surface area contributed by atoms with Crippen LogP contribution in [-0.4, -0.2) is 18.3 Å². The number of carbonyl (C=O) groups excluding carboxylic acids is 1. The van der Waals surface area contributed by atoms with Crippen LogP contribution in [0.25, 0.3) is 0 Å². The number of benzene rings is 1. The molecule has 0 atom stereocenters. The molecule has 0 saturated heterocycles. The van der Waals surface area contributed by atoms with Crippen LogP contribution in [0.15, 0.2) is 23.1 Å². The predicted octanol–water partition coefficient (Wildman–Crippen LogP) is 2.13. The number of hydrogen-bond donors (Lipinski definition) is 1. The van der Waals surface area contributed by atoms with E-state index in [0.29, 0.717) is 12.4 Å². The lowest BCUT2D eigenvalue weighted by atomic mass is 10.3. The van der Waals surface area contributed by atoms with Gasteiger partial charge in [-0.1, -0.05) is 0 Å². The Labute approximate surface area is 86.8 Å². The molecule has 0 aromatic heterocycles. The summed E-state index contributed by atoms with van der Waals surface area (Å²) in [6.45, 7) is 2.58. The Morgan fingerprint density at radius 3 is 3.21 bits per heavy atom. The second-order valence-corrected chi connectivity index (χ2v) is 3.95. The number of hydrogen-bond acceptors (Lipinski definition) is 3. The zero-order chi connectivity index (χ0) is 9.97. The molecule has 0 bridgehead atoms. The number of rotatable bonds is 2. The summed E-state index contributed by atoms with van der Waals surface area (Å²) >= 11 is 1.56. The smallest absolute Gasteiger partial charge is 0.234 e. The first-order valence-electron chi connectivity index (χ1n) is 4.49. The topological polar surface area (TPSA) is 38.3 Å². The van der Waals surface area contributed by atoms with Crippen molar-refractivity contribution in [2.45, 2.75) is 11.8 Å². The third kappa shape index (κ3) is 1.85. The molecular formula is C10H11NO2S. The fourth-order valence-corrected chi connectivity index (χ4v) is 2.11. The van der Waals surface area contributed by atoms with E-state index in [2.05, 4.69) is 5.32 Å². The maximum Gasteiger partial charge on any atom is 0.234 e. The highest BCUT2D eigenvalue weighted by atomic mass is 32.2. The third-order valence-corrected chi connectivity index (χ3v) is 2.97. The number of fused-ring (bicyclic) bond motifs is 1. The minimum absolute atomic E-state index is 0.0520. The maximum absolute atomic E-state index is 11.1. The number of carbonyl (C=O) groups is 1. The summed E-state index contributed by atoms with van der Waals surface area (Å²) in [5.74, 6) is 1.35. The van der Waals surface area contributed by atoms with Gasteiger partial charge in [-0.3, -0.25) is 4.79 Å². The van der Waals surface area contributed by atoms with Crippen LogP contribution >= 0.6 is 11.8 Å². The summed E-state index contributed by atoms with van der Waals surface area (Å²) in [6, 6.07) is 5.76. The quantitative estimate of drug-likeness (QED) is 0.811. The van der Waals surface area contributed by atoms with Crippen molar-refractivity contribution in [3.8, 4) is 5.75 Å². The number of amides is 1. The maximum atomic E-state index is 11.1. The standard InChI is InChI=1S/C10H11NO2S/c1-2-13-7-3-4-9-8(5-7)11-10(12)6-14-9/h3-5H,2,6H2,1H3,(H,11,12). The summed E-state index contributed by atoms with van der Waals surface area (Å²) in [6.07, 6.45) is 0. The highest BCUT2D eigenvalue weighted by Crippen LogP contribution is 2.33. The molecule has 1 amide bonds. The molecular weight excluding hydrogens is 198 g/mol. The van der Waals surface area contributed by atoms with Crippen LogP contribution in [0.5, 0.6) is 5.75 Å². The van der Waals surface area contributed by atoms with Gasteiger partial charge in [0.25, 0.3) is 0 Å². The van der Waals surface area contributed by atoms with Gasteiger partial charge in [-0.15, -0.1) is 11.8 Å². The molecule has 1 aromatic rings. The normalized spacial score (nSPS) is 14.5. The minimum Gasteiger partial charge on any atom is -0.494 e. The van der Waals surface area contributed by atoms with Crippen molar-refractivity contribution in [3.05, 3.63) is 18.2 Å². The Hall–Kier alpha value is -1.16. The summed E-state index contributed by atoms with van der Waals surface area (Å²) in [5, 5.41) is 2.82. The lowest BCUT2D eigenvalue weighted by Crippen LogP contribution is -2.18. The number of anilines is 1. The van der Waals surface area contributed by atoms with Crippen molar-refractivity contribution in [1.29, 1.82) is 0 Å². The Morgan fingerprint density at radius 1 is 1.57 bits per heavy atom. The second-order valence-electron chi connectivity index (χ2n) is 2.93. The van der Waals surface area contributed by atoms with E-state index in [4.69, 9.17) is 4.74 Å². The lowest BCUT2D eigenvalue weighted by molar-refractivity contribution is -0.113. The monoisotopic (exact) mass is 209 g/mol. The van der Waals surface area contributed by atoms with Gasteiger partial charge < -0.3 is 10.1 Å². The molecule has 0 unspecified atom stereocenters. The second kappa shape index (κ2) is 3.92. The van der Waals surface area contributed by atoms with Gasteiger partial charge in [0.05, 0.1) is 18.0 Å². The molecule has 0 radical (unpaired) electrons. The molecule has 1 heterocycles. The first-order valence-corrected chi connectivity index (χ1v) is 5.47. The van der Waals surface area contributed by atoms with E-state index in [0.717, 1.165) is 16.3 Å². The minimum atomic E-state index is 0.0520. The van der Waals surface area contributed by atoms with Crippen LogP contribution in [0, 0.1) is 0 Å². The lowest BCUT2D eigenvalue weighted by Gasteiger charge is -2.16. The van der Waals surface area contributed by atoms with Crippen LogP contribution in [0.1, 0.15) is 6.92 Å². The van der Waals surface area contributed by atoms with Gasteiger partial charge >= 0.3 is 0 Å². The van der Waals surface area contributed by atoms with Crippen molar-refractivity contribution in [2.24, 2.45) is 0 Å². The molecule has 14 heavy (non-hydrogen) atoms. The van der Waals surface area contributed by atoms with Crippen molar-refractivity contribution in [2.75, 3.05) is 17.7 Å². The first-order chi connectivity index (χ1) is 6.79. The molecule has 74 valence electrons. The van der Waals surface area contributed by atoms with Gasteiger partial charge in [-0.05, 0) is 19.1 Å². The average molecular weight is 209 g/mol. The van der Waals surface area contributed by atoms with E-state index >= 15 is 0 Å². The SMILES string of the molecule is CCOc1ccc2c(c1)NC(=O)CS2. The van der Waals surface area contributed by atoms with Crippen LogP contribution < -0.4 is 10.1 Å². The Balaban J connectivity index is 2.28. The van der Waals surface area contributed by atoms with E-state index in [-0.39, 0.29) is 5.91 Å². The van der Waals surface area contributed by atoms with E-state index < -0.39 is 0 Å². The van der Waals surface area contributed by atoms with Gasteiger partial charge in [0.2, 0.25) is 5.91 Å². The van der Waals surface area contributed by atoms with Crippen molar-refractivity contribution < 1.29 is 9.53 Å². The van der Waals surface area contributed by atoms with Gasteiger partial charge in [-0.2, -0.15) is 0 Å². The molecule has 1 aliphatic heterocycles. The zero-order valence-corrected chi connectivity index (χ0v) is 8.69. The highest BCUT2D eigenvalue weighted by molar-refractivity contribution is 8.00. The fourth-order valence-electron chi connectivity index (χ4n) is 1.32. The third-order valence-electron chi connectivity index (χ3n) is 1.89. The van der Waals surface area contributed by atoms with Gasteiger partial charge in [0.15, 0.2) is 0 Å². The predicted molar refractivity (Wildman–Crippen MR) is 57.0 cm³/mol. The molecule has 1 N–H and O–H groups in total. The average Bonchev–Trinajstić information content (AvgIpc) is 2.17. The molecule has 0 fully saturated rings. The van der Waals surface area contributed by atoms with Gasteiger partial charge in [0, 0.05) is 11.0 Å². The van der Waals surface area contributed by atoms with E-state index in [1.54, 1.807) is 11.8 Å². The summed E-state index contributed by atoms with van der Waals surface area (Å²) in [5.41, 5.74) is 0.859. The summed E-state index contributed by atoms with van der Waals surface area (Å²) < 4.78 is 5.35. The van der Waals surface area contributed by atoms with Crippen molar-refractivity contribution in [1.82, 2.24) is 0 Å². The van der Waals surface area contributed by atoms with E-state index in [1.165, 1.54) is 0 Å². The molecule has 3 nitrogen and oxygen atoms in total. The summed E-state index contributed by atoms with van der Waals surface area (Å²) in [7, 11) is 0. The van der Waals surface area contributed by atoms with E-state index in [9.17, 15) is 4.79 Å². The molecule has 0 spiro atoms. The molecule has 4 heteroatoms. The van der Waals surface area contributed by atoms with Crippen LogP contribution in [0.3, 0.4) is 0 Å². The molecule has 1 aromatic carbocycles. The van der Waals surface area contributed by atoms with Gasteiger partial charge in [-0.25, -0.2) is 0 Å². The fraction of sp³-hybridized carbons (Fsp3) is 0.300. The molecule has 1 aliphatic rings. The van der Waals surface area contributed by atoms with Crippen LogP contribution in [0.4, 0.5) is 5.69 Å². The molecule has 0 saturated carbocycles. The first kappa shape index (κ1) is 9.40. The van der Waals surface area contributed by atoms with Crippen LogP contribution in [-0.2, 0) is 4.79 Å². The van der Waals surface area contributed by atoms with Crippen LogP contribution in [0.2, 0.25) is 0 Å². The van der Waals surface area contributed by atoms with Crippen molar-refractivity contribution >= 4 is 23.4 Å². The van der Waals surface area contributed by atoms with E-state index in [1.807, 2.05) is 25.1 Å². The Bertz CT molecular complexity index is 365. The number of ether oxygens (including phenoxy) is 1. The number of thioether (sulfide) groups is 1. The number of nitrogens with one attached hydrogen (secondary N) is 1. The molecule has 2 rings (SSSR count). The Morgan fingerprint density at radius 2 is 2.43 bits per heavy atom. The largest absolute Gasteiger partial charge is 0.494 e. The summed E-state index contributed by atoms with van der Waals surface area (Å²) in [4.78, 5) is 12.2. The molecule has 0 aliphatic carbocycles. The Kier molecular flexibility index (Phi) is 2.63. The zero-order valence-electron chi connectivity index (χ0n) is 7.87. The highest BCUT2D eigenvalue weighted by Gasteiger charge is 2.15. The van der Waals surface area contributed by atoms with Gasteiger partial charge in [0.1, 0.15) is 5.75 Å².